The van der Waals surface area contributed by atoms with Gasteiger partial charge < -0.3 is 0 Å². The standard InChI is InChI=1S/C14H14BrN3O/c1-8(19)10-5-11-6-12(15)3-4-13(11)18-9(2)16-17-14(18)7-10/h3-4,6,10H,5,7H2,1-2H3. The summed E-state index contributed by atoms with van der Waals surface area (Å²) in [6.45, 7) is 3.59. The lowest BCUT2D eigenvalue weighted by Gasteiger charge is -2.11. The summed E-state index contributed by atoms with van der Waals surface area (Å²) in [7, 11) is 0. The van der Waals surface area contributed by atoms with E-state index < -0.39 is 0 Å². The molecule has 1 atom stereocenters. The first-order chi connectivity index (χ1) is 9.06. The van der Waals surface area contributed by atoms with E-state index in [0.29, 0.717) is 6.42 Å². The molecule has 3 rings (SSSR count). The lowest BCUT2D eigenvalue weighted by atomic mass is 9.93. The fourth-order valence-electron chi connectivity index (χ4n) is 2.63. The van der Waals surface area contributed by atoms with E-state index in [9.17, 15) is 4.79 Å². The van der Waals surface area contributed by atoms with Crippen molar-refractivity contribution in [1.29, 1.82) is 0 Å². The number of nitrogens with zero attached hydrogens (tertiary/aromatic N) is 3. The predicted octanol–water partition coefficient (Wildman–Crippen LogP) is 2.64. The molecule has 1 aliphatic rings. The average molecular weight is 320 g/mol. The van der Waals surface area contributed by atoms with Crippen molar-refractivity contribution < 1.29 is 4.79 Å². The van der Waals surface area contributed by atoms with Crippen LogP contribution < -0.4 is 0 Å². The molecular weight excluding hydrogens is 306 g/mol. The Bertz CT molecular complexity index is 663. The highest BCUT2D eigenvalue weighted by Gasteiger charge is 2.26. The second-order valence-electron chi connectivity index (χ2n) is 4.99. The molecule has 0 spiro atoms. The number of ketones is 1. The van der Waals surface area contributed by atoms with E-state index in [2.05, 4.69) is 42.8 Å². The van der Waals surface area contributed by atoms with Crippen molar-refractivity contribution in [3.63, 3.8) is 0 Å². The van der Waals surface area contributed by atoms with Crippen molar-refractivity contribution >= 4 is 21.7 Å². The summed E-state index contributed by atoms with van der Waals surface area (Å²) in [5.41, 5.74) is 2.25. The van der Waals surface area contributed by atoms with Gasteiger partial charge in [0.1, 0.15) is 17.4 Å². The van der Waals surface area contributed by atoms with E-state index in [0.717, 1.165) is 33.8 Å². The van der Waals surface area contributed by atoms with Gasteiger partial charge in [0.2, 0.25) is 0 Å². The summed E-state index contributed by atoms with van der Waals surface area (Å²) in [4.78, 5) is 11.8. The molecule has 19 heavy (non-hydrogen) atoms. The van der Waals surface area contributed by atoms with Crippen LogP contribution in [0.1, 0.15) is 24.1 Å². The highest BCUT2D eigenvalue weighted by atomic mass is 79.9. The molecule has 0 saturated heterocycles. The summed E-state index contributed by atoms with van der Waals surface area (Å²) in [5, 5.41) is 8.36. The van der Waals surface area contributed by atoms with Crippen molar-refractivity contribution in [2.45, 2.75) is 26.7 Å². The Balaban J connectivity index is 2.24. The first-order valence-electron chi connectivity index (χ1n) is 6.26. The minimum absolute atomic E-state index is 0.0158. The smallest absolute Gasteiger partial charge is 0.138 e. The zero-order chi connectivity index (χ0) is 13.6. The maximum atomic E-state index is 11.8. The largest absolute Gasteiger partial charge is 0.300 e. The minimum Gasteiger partial charge on any atom is -0.300 e. The van der Waals surface area contributed by atoms with Crippen molar-refractivity contribution in [1.82, 2.24) is 14.8 Å². The average Bonchev–Trinajstić information content (AvgIpc) is 2.62. The van der Waals surface area contributed by atoms with Crippen LogP contribution in [0.2, 0.25) is 0 Å². The third kappa shape index (κ3) is 2.12. The van der Waals surface area contributed by atoms with Gasteiger partial charge >= 0.3 is 0 Å². The lowest BCUT2D eigenvalue weighted by Crippen LogP contribution is -2.16. The molecule has 0 amide bonds. The van der Waals surface area contributed by atoms with Gasteiger partial charge in [-0.1, -0.05) is 15.9 Å². The summed E-state index contributed by atoms with van der Waals surface area (Å²) in [6, 6.07) is 6.15. The van der Waals surface area contributed by atoms with E-state index >= 15 is 0 Å². The summed E-state index contributed by atoms with van der Waals surface area (Å²) in [6.07, 6.45) is 1.41. The first-order valence-corrected chi connectivity index (χ1v) is 7.05. The van der Waals surface area contributed by atoms with Crippen LogP contribution in [0.15, 0.2) is 22.7 Å². The van der Waals surface area contributed by atoms with Crippen LogP contribution in [0.4, 0.5) is 0 Å². The molecular formula is C14H14BrN3O. The molecule has 1 aromatic carbocycles. The van der Waals surface area contributed by atoms with Crippen LogP contribution in [-0.2, 0) is 17.6 Å². The minimum atomic E-state index is -0.0158. The number of halogens is 1. The molecule has 5 heteroatoms. The monoisotopic (exact) mass is 319 g/mol. The van der Waals surface area contributed by atoms with Gasteiger partial charge in [0.25, 0.3) is 0 Å². The van der Waals surface area contributed by atoms with Gasteiger partial charge in [0.15, 0.2) is 0 Å². The van der Waals surface area contributed by atoms with Crippen molar-refractivity contribution in [3.8, 4) is 5.69 Å². The van der Waals surface area contributed by atoms with Crippen LogP contribution in [0.5, 0.6) is 0 Å². The molecule has 1 aromatic heterocycles. The Morgan fingerprint density at radius 2 is 2.16 bits per heavy atom. The Morgan fingerprint density at radius 3 is 2.89 bits per heavy atom. The van der Waals surface area contributed by atoms with Gasteiger partial charge in [-0.2, -0.15) is 0 Å². The van der Waals surface area contributed by atoms with Crippen LogP contribution in [0, 0.1) is 12.8 Å². The van der Waals surface area contributed by atoms with Crippen molar-refractivity contribution in [2.24, 2.45) is 5.92 Å². The van der Waals surface area contributed by atoms with Crippen molar-refractivity contribution in [3.05, 3.63) is 39.9 Å². The number of Topliss-reactive ketones (excluding diaryl/α,β-unsaturated/α-hetero) is 1. The second kappa shape index (κ2) is 4.56. The number of aromatic nitrogens is 3. The number of hydrogen-bond donors (Lipinski definition) is 0. The number of fused-ring (bicyclic) bond motifs is 3. The highest BCUT2D eigenvalue weighted by molar-refractivity contribution is 9.10. The zero-order valence-corrected chi connectivity index (χ0v) is 12.4. The first kappa shape index (κ1) is 12.5. The van der Waals surface area contributed by atoms with E-state index in [4.69, 9.17) is 0 Å². The normalized spacial score (nSPS) is 17.5. The third-order valence-corrected chi connectivity index (χ3v) is 4.14. The molecule has 4 nitrogen and oxygen atoms in total. The summed E-state index contributed by atoms with van der Waals surface area (Å²) >= 11 is 3.50. The number of rotatable bonds is 1. The maximum Gasteiger partial charge on any atom is 0.138 e. The molecule has 0 fully saturated rings. The van der Waals surface area contributed by atoms with Gasteiger partial charge in [-0.3, -0.25) is 9.36 Å². The summed E-state index contributed by atoms with van der Waals surface area (Å²) in [5.74, 6) is 1.93. The molecule has 2 heterocycles. The topological polar surface area (TPSA) is 47.8 Å². The van der Waals surface area contributed by atoms with Gasteiger partial charge in [0.05, 0.1) is 5.69 Å². The molecule has 0 radical (unpaired) electrons. The highest BCUT2D eigenvalue weighted by Crippen LogP contribution is 2.29. The Morgan fingerprint density at radius 1 is 1.37 bits per heavy atom. The molecule has 0 aliphatic carbocycles. The molecule has 1 aliphatic heterocycles. The van der Waals surface area contributed by atoms with E-state index in [1.54, 1.807) is 6.92 Å². The number of benzene rings is 1. The fraction of sp³-hybridized carbons (Fsp3) is 0.357. The van der Waals surface area contributed by atoms with Gasteiger partial charge in [0, 0.05) is 16.8 Å². The molecule has 98 valence electrons. The van der Waals surface area contributed by atoms with Gasteiger partial charge in [-0.15, -0.1) is 10.2 Å². The number of carbonyl (C=O) groups excluding carboxylic acids is 1. The fourth-order valence-corrected chi connectivity index (χ4v) is 3.04. The molecule has 1 unspecified atom stereocenters. The van der Waals surface area contributed by atoms with Crippen LogP contribution in [0.3, 0.4) is 0 Å². The van der Waals surface area contributed by atoms with Crippen LogP contribution >= 0.6 is 15.9 Å². The van der Waals surface area contributed by atoms with Crippen LogP contribution in [0.25, 0.3) is 5.69 Å². The maximum absolute atomic E-state index is 11.8. The number of hydrogen-bond acceptors (Lipinski definition) is 3. The Kier molecular flexibility index (Phi) is 3.01. The molecule has 0 bridgehead atoms. The van der Waals surface area contributed by atoms with Gasteiger partial charge in [-0.05, 0) is 44.0 Å². The van der Waals surface area contributed by atoms with Crippen molar-refractivity contribution in [2.75, 3.05) is 0 Å². The Hall–Kier alpha value is -1.49. The van der Waals surface area contributed by atoms with E-state index in [-0.39, 0.29) is 11.7 Å². The SMILES string of the molecule is CC(=O)C1Cc2cc(Br)ccc2-n2c(C)nnc2C1. The third-order valence-electron chi connectivity index (χ3n) is 3.64. The Labute approximate surface area is 120 Å². The molecule has 0 saturated carbocycles. The zero-order valence-electron chi connectivity index (χ0n) is 10.9. The van der Waals surface area contributed by atoms with Crippen LogP contribution in [-0.4, -0.2) is 20.5 Å². The number of aryl methyl sites for hydroxylation is 1. The lowest BCUT2D eigenvalue weighted by molar-refractivity contribution is -0.120. The summed E-state index contributed by atoms with van der Waals surface area (Å²) < 4.78 is 3.09. The second-order valence-corrected chi connectivity index (χ2v) is 5.90. The quantitative estimate of drug-likeness (QED) is 0.811. The molecule has 2 aromatic rings. The molecule has 0 N–H and O–H groups in total. The van der Waals surface area contributed by atoms with Gasteiger partial charge in [-0.25, -0.2) is 0 Å². The number of carbonyl (C=O) groups is 1. The predicted molar refractivity (Wildman–Crippen MR) is 75.4 cm³/mol. The van der Waals surface area contributed by atoms with E-state index in [1.165, 1.54) is 0 Å². The van der Waals surface area contributed by atoms with E-state index in [1.807, 2.05) is 13.0 Å².